The van der Waals surface area contributed by atoms with Crippen molar-refractivity contribution in [1.29, 1.82) is 0 Å². The average molecular weight is 255 g/mol. The Kier molecular flexibility index (Phi) is 3.92. The van der Waals surface area contributed by atoms with Gasteiger partial charge in [-0.1, -0.05) is 0 Å². The van der Waals surface area contributed by atoms with Gasteiger partial charge in [-0.2, -0.15) is 13.2 Å². The van der Waals surface area contributed by atoms with Gasteiger partial charge in [-0.05, 0) is 13.8 Å². The van der Waals surface area contributed by atoms with Crippen LogP contribution in [0.1, 0.15) is 23.7 Å². The molecule has 3 nitrogen and oxygen atoms in total. The SMILES string of the molecule is CCOCC(C)(O)c1cnc(C(F)(F)F)s1. The summed E-state index contributed by atoms with van der Waals surface area (Å²) in [5, 5.41) is 8.92. The number of aliphatic hydroxyl groups is 1. The van der Waals surface area contributed by atoms with E-state index in [0.717, 1.165) is 6.20 Å². The van der Waals surface area contributed by atoms with Gasteiger partial charge in [0, 0.05) is 12.8 Å². The van der Waals surface area contributed by atoms with Gasteiger partial charge in [0.25, 0.3) is 0 Å². The lowest BCUT2D eigenvalue weighted by atomic mass is 10.1. The maximum absolute atomic E-state index is 12.3. The molecule has 0 bridgehead atoms. The lowest BCUT2D eigenvalue weighted by molar-refractivity contribution is -0.137. The monoisotopic (exact) mass is 255 g/mol. The number of halogens is 3. The molecular formula is C9H12F3NO2S. The number of aromatic nitrogens is 1. The molecule has 7 heteroatoms. The number of hydrogen-bond donors (Lipinski definition) is 1. The predicted octanol–water partition coefficient (Wildman–Crippen LogP) is 2.41. The van der Waals surface area contributed by atoms with Gasteiger partial charge in [0.2, 0.25) is 0 Å². The highest BCUT2D eigenvalue weighted by atomic mass is 32.1. The molecule has 16 heavy (non-hydrogen) atoms. The Morgan fingerprint density at radius 1 is 1.50 bits per heavy atom. The zero-order valence-corrected chi connectivity index (χ0v) is 9.65. The molecule has 1 atom stereocenters. The van der Waals surface area contributed by atoms with Crippen LogP contribution in [0.25, 0.3) is 0 Å². The molecule has 1 aromatic heterocycles. The highest BCUT2D eigenvalue weighted by Gasteiger charge is 2.37. The van der Waals surface area contributed by atoms with Crippen LogP contribution in [0.15, 0.2) is 6.20 Å². The molecule has 0 aromatic carbocycles. The molecule has 0 saturated carbocycles. The zero-order chi connectivity index (χ0) is 12.4. The Morgan fingerprint density at radius 3 is 2.56 bits per heavy atom. The smallest absolute Gasteiger partial charge is 0.382 e. The molecule has 1 rings (SSSR count). The number of alkyl halides is 3. The summed E-state index contributed by atoms with van der Waals surface area (Å²) in [5.74, 6) is 0. The van der Waals surface area contributed by atoms with E-state index in [-0.39, 0.29) is 11.5 Å². The number of ether oxygens (including phenoxy) is 1. The van der Waals surface area contributed by atoms with Crippen molar-refractivity contribution in [1.82, 2.24) is 4.98 Å². The Morgan fingerprint density at radius 2 is 2.12 bits per heavy atom. The van der Waals surface area contributed by atoms with Crippen molar-refractivity contribution < 1.29 is 23.0 Å². The standard InChI is InChI=1S/C9H12F3NO2S/c1-3-15-5-8(2,14)6-4-13-7(16-6)9(10,11)12/h4,14H,3,5H2,1-2H3. The summed E-state index contributed by atoms with van der Waals surface area (Å²) in [6.07, 6.45) is -3.43. The number of nitrogens with zero attached hydrogens (tertiary/aromatic N) is 1. The fraction of sp³-hybridized carbons (Fsp3) is 0.667. The summed E-state index contributed by atoms with van der Waals surface area (Å²) < 4.78 is 41.8. The molecule has 0 aliphatic rings. The summed E-state index contributed by atoms with van der Waals surface area (Å²) in [5.41, 5.74) is -1.43. The quantitative estimate of drug-likeness (QED) is 0.898. The molecule has 0 radical (unpaired) electrons. The van der Waals surface area contributed by atoms with E-state index in [0.29, 0.717) is 17.9 Å². The van der Waals surface area contributed by atoms with E-state index in [1.165, 1.54) is 6.92 Å². The van der Waals surface area contributed by atoms with Crippen molar-refractivity contribution >= 4 is 11.3 Å². The molecule has 92 valence electrons. The van der Waals surface area contributed by atoms with Gasteiger partial charge in [0.1, 0.15) is 5.60 Å². The molecule has 0 spiro atoms. The maximum Gasteiger partial charge on any atom is 0.443 e. The fourth-order valence-corrected chi connectivity index (χ4v) is 1.84. The van der Waals surface area contributed by atoms with Gasteiger partial charge < -0.3 is 9.84 Å². The molecular weight excluding hydrogens is 243 g/mol. The third-order valence-electron chi connectivity index (χ3n) is 1.87. The second kappa shape index (κ2) is 4.68. The minimum Gasteiger partial charge on any atom is -0.382 e. The summed E-state index contributed by atoms with van der Waals surface area (Å²) in [6, 6.07) is 0. The lowest BCUT2D eigenvalue weighted by Gasteiger charge is -2.20. The summed E-state index contributed by atoms with van der Waals surface area (Å²) in [6.45, 7) is 3.48. The van der Waals surface area contributed by atoms with Gasteiger partial charge in [-0.3, -0.25) is 0 Å². The van der Waals surface area contributed by atoms with Gasteiger partial charge in [0.05, 0.1) is 11.5 Å². The molecule has 0 saturated heterocycles. The predicted molar refractivity (Wildman–Crippen MR) is 53.2 cm³/mol. The molecule has 0 aliphatic carbocycles. The largest absolute Gasteiger partial charge is 0.443 e. The van der Waals surface area contributed by atoms with E-state index < -0.39 is 16.8 Å². The molecule has 0 fully saturated rings. The molecule has 1 aromatic rings. The van der Waals surface area contributed by atoms with Crippen molar-refractivity contribution in [2.45, 2.75) is 25.6 Å². The maximum atomic E-state index is 12.3. The number of thiazole rings is 1. The van der Waals surface area contributed by atoms with Crippen LogP contribution in [0.3, 0.4) is 0 Å². The first kappa shape index (κ1) is 13.4. The van der Waals surface area contributed by atoms with Crippen molar-refractivity contribution in [2.75, 3.05) is 13.2 Å². The summed E-state index contributed by atoms with van der Waals surface area (Å²) in [7, 11) is 0. The molecule has 0 aliphatic heterocycles. The van der Waals surface area contributed by atoms with Gasteiger partial charge in [-0.15, -0.1) is 11.3 Å². The molecule has 1 heterocycles. The zero-order valence-electron chi connectivity index (χ0n) is 8.84. The van der Waals surface area contributed by atoms with E-state index in [1.54, 1.807) is 6.92 Å². The average Bonchev–Trinajstić information content (AvgIpc) is 2.63. The Hall–Kier alpha value is -0.660. The molecule has 0 amide bonds. The number of rotatable bonds is 4. The van der Waals surface area contributed by atoms with E-state index in [1.807, 2.05) is 0 Å². The molecule has 1 unspecified atom stereocenters. The second-order valence-corrected chi connectivity index (χ2v) is 4.47. The Balaban J connectivity index is 2.84. The molecule has 1 N–H and O–H groups in total. The summed E-state index contributed by atoms with van der Waals surface area (Å²) in [4.78, 5) is 3.39. The first-order valence-electron chi connectivity index (χ1n) is 4.61. The van der Waals surface area contributed by atoms with E-state index in [2.05, 4.69) is 4.98 Å². The van der Waals surface area contributed by atoms with Gasteiger partial charge >= 0.3 is 6.18 Å². The normalized spacial score (nSPS) is 16.1. The van der Waals surface area contributed by atoms with Crippen LogP contribution in [-0.4, -0.2) is 23.3 Å². The second-order valence-electron chi connectivity index (χ2n) is 3.44. The van der Waals surface area contributed by atoms with Crippen molar-refractivity contribution in [3.05, 3.63) is 16.1 Å². The number of hydrogen-bond acceptors (Lipinski definition) is 4. The van der Waals surface area contributed by atoms with Crippen LogP contribution in [0, 0.1) is 0 Å². The van der Waals surface area contributed by atoms with Crippen molar-refractivity contribution in [2.24, 2.45) is 0 Å². The minimum atomic E-state index is -4.47. The Bertz CT molecular complexity index is 349. The highest BCUT2D eigenvalue weighted by Crippen LogP contribution is 2.36. The third-order valence-corrected chi connectivity index (χ3v) is 3.16. The fourth-order valence-electron chi connectivity index (χ4n) is 1.03. The van der Waals surface area contributed by atoms with Gasteiger partial charge in [0.15, 0.2) is 5.01 Å². The van der Waals surface area contributed by atoms with E-state index >= 15 is 0 Å². The van der Waals surface area contributed by atoms with Crippen LogP contribution in [-0.2, 0) is 16.5 Å². The van der Waals surface area contributed by atoms with Crippen LogP contribution < -0.4 is 0 Å². The van der Waals surface area contributed by atoms with Gasteiger partial charge in [-0.25, -0.2) is 4.98 Å². The summed E-state index contributed by atoms with van der Waals surface area (Å²) >= 11 is 0.431. The van der Waals surface area contributed by atoms with Crippen molar-refractivity contribution in [3.63, 3.8) is 0 Å². The van der Waals surface area contributed by atoms with Crippen molar-refractivity contribution in [3.8, 4) is 0 Å². The first-order valence-corrected chi connectivity index (χ1v) is 5.42. The van der Waals surface area contributed by atoms with Crippen LogP contribution in [0.5, 0.6) is 0 Å². The van der Waals surface area contributed by atoms with Crippen LogP contribution in [0.4, 0.5) is 13.2 Å². The first-order chi connectivity index (χ1) is 7.27. The Labute approximate surface area is 94.9 Å². The van der Waals surface area contributed by atoms with Crippen LogP contribution >= 0.6 is 11.3 Å². The van der Waals surface area contributed by atoms with Crippen LogP contribution in [0.2, 0.25) is 0 Å². The van der Waals surface area contributed by atoms with E-state index in [9.17, 15) is 18.3 Å². The lowest BCUT2D eigenvalue weighted by Crippen LogP contribution is -2.26. The van der Waals surface area contributed by atoms with E-state index in [4.69, 9.17) is 4.74 Å². The topological polar surface area (TPSA) is 42.4 Å². The third kappa shape index (κ3) is 3.16. The minimum absolute atomic E-state index is 0.0526. The highest BCUT2D eigenvalue weighted by molar-refractivity contribution is 7.11.